The Kier molecular flexibility index (Phi) is 3.92. The van der Waals surface area contributed by atoms with E-state index in [0.717, 1.165) is 17.5 Å². The van der Waals surface area contributed by atoms with Gasteiger partial charge in [-0.05, 0) is 18.6 Å². The molecule has 0 aliphatic heterocycles. The molecular formula is C12H16ClN3OS. The molecular weight excluding hydrogens is 270 g/mol. The number of halogens is 1. The highest BCUT2D eigenvalue weighted by atomic mass is 35.5. The molecule has 0 amide bonds. The summed E-state index contributed by atoms with van der Waals surface area (Å²) in [6, 6.07) is 5.62. The highest BCUT2D eigenvalue weighted by Crippen LogP contribution is 2.25. The number of hydrogen-bond donors (Lipinski definition) is 1. The van der Waals surface area contributed by atoms with Crippen LogP contribution >= 0.6 is 11.6 Å². The number of rotatable bonds is 4. The van der Waals surface area contributed by atoms with Crippen LogP contribution in [0.2, 0.25) is 5.02 Å². The lowest BCUT2D eigenvalue weighted by Gasteiger charge is -2.10. The Labute approximate surface area is 114 Å². The van der Waals surface area contributed by atoms with E-state index in [2.05, 4.69) is 4.98 Å². The maximum Gasteiger partial charge on any atom is 0.201 e. The van der Waals surface area contributed by atoms with Crippen molar-refractivity contribution in [2.45, 2.75) is 25.1 Å². The second-order valence-electron chi connectivity index (χ2n) is 4.33. The zero-order valence-electron chi connectivity index (χ0n) is 10.4. The van der Waals surface area contributed by atoms with Crippen molar-refractivity contribution < 1.29 is 4.21 Å². The molecule has 1 aromatic carbocycles. The van der Waals surface area contributed by atoms with Crippen molar-refractivity contribution >= 4 is 39.4 Å². The van der Waals surface area contributed by atoms with Crippen LogP contribution in [0.25, 0.3) is 11.0 Å². The molecule has 0 fully saturated rings. The molecule has 2 aromatic rings. The number of aromatic nitrogens is 2. The number of nitrogens with two attached hydrogens (primary N) is 1. The van der Waals surface area contributed by atoms with E-state index in [1.807, 2.05) is 23.6 Å². The van der Waals surface area contributed by atoms with Crippen molar-refractivity contribution in [1.82, 2.24) is 9.55 Å². The maximum atomic E-state index is 11.3. The fourth-order valence-corrected chi connectivity index (χ4v) is 2.49. The van der Waals surface area contributed by atoms with Gasteiger partial charge in [0.25, 0.3) is 0 Å². The summed E-state index contributed by atoms with van der Waals surface area (Å²) < 4.78 is 13.3. The van der Waals surface area contributed by atoms with Gasteiger partial charge in [-0.15, -0.1) is 0 Å². The lowest BCUT2D eigenvalue weighted by atomic mass is 10.3. The van der Waals surface area contributed by atoms with Gasteiger partial charge >= 0.3 is 0 Å². The van der Waals surface area contributed by atoms with Crippen LogP contribution < -0.4 is 5.73 Å². The van der Waals surface area contributed by atoms with E-state index in [0.29, 0.717) is 17.5 Å². The lowest BCUT2D eigenvalue weighted by molar-refractivity contribution is 0.633. The minimum absolute atomic E-state index is 0.140. The molecule has 0 bridgehead atoms. The summed E-state index contributed by atoms with van der Waals surface area (Å²) >= 11 is 6.08. The summed E-state index contributed by atoms with van der Waals surface area (Å²) in [7, 11) is -0.817. The molecule has 2 unspecified atom stereocenters. The fourth-order valence-electron chi connectivity index (χ4n) is 1.84. The van der Waals surface area contributed by atoms with E-state index >= 15 is 0 Å². The van der Waals surface area contributed by atoms with Gasteiger partial charge in [-0.2, -0.15) is 0 Å². The highest BCUT2D eigenvalue weighted by Gasteiger charge is 2.12. The number of anilines is 1. The second kappa shape index (κ2) is 5.28. The summed E-state index contributed by atoms with van der Waals surface area (Å²) in [4.78, 5) is 4.27. The Morgan fingerprint density at radius 2 is 2.28 bits per heavy atom. The van der Waals surface area contributed by atoms with Crippen molar-refractivity contribution in [2.75, 3.05) is 12.0 Å². The largest absolute Gasteiger partial charge is 0.369 e. The first-order valence-electron chi connectivity index (χ1n) is 5.73. The molecule has 18 heavy (non-hydrogen) atoms. The van der Waals surface area contributed by atoms with Crippen LogP contribution in [0.4, 0.5) is 5.95 Å². The molecule has 0 saturated heterocycles. The molecule has 2 rings (SSSR count). The average molecular weight is 286 g/mol. The van der Waals surface area contributed by atoms with Gasteiger partial charge in [0.2, 0.25) is 5.95 Å². The Morgan fingerprint density at radius 3 is 2.94 bits per heavy atom. The number of nitrogens with zero attached hydrogens (tertiary/aromatic N) is 2. The van der Waals surface area contributed by atoms with Crippen molar-refractivity contribution in [3.05, 3.63) is 23.2 Å². The SMILES string of the molecule is CC(CCn1c(N)nc2c(Cl)cccc21)S(C)=O. The average Bonchev–Trinajstić information content (AvgIpc) is 2.64. The highest BCUT2D eigenvalue weighted by molar-refractivity contribution is 7.84. The summed E-state index contributed by atoms with van der Waals surface area (Å²) in [5.41, 5.74) is 7.55. The first-order valence-corrected chi connectivity index (χ1v) is 7.73. The minimum Gasteiger partial charge on any atom is -0.369 e. The van der Waals surface area contributed by atoms with E-state index in [-0.39, 0.29) is 5.25 Å². The minimum atomic E-state index is -0.817. The van der Waals surface area contributed by atoms with Crippen molar-refractivity contribution in [3.63, 3.8) is 0 Å². The molecule has 2 N–H and O–H groups in total. The molecule has 2 atom stereocenters. The van der Waals surface area contributed by atoms with Gasteiger partial charge in [-0.3, -0.25) is 4.21 Å². The Bertz CT molecular complexity index is 596. The fraction of sp³-hybridized carbons (Fsp3) is 0.417. The van der Waals surface area contributed by atoms with Gasteiger partial charge < -0.3 is 10.3 Å². The number of imidazole rings is 1. The van der Waals surface area contributed by atoms with Crippen LogP contribution in [0.1, 0.15) is 13.3 Å². The van der Waals surface area contributed by atoms with Crippen molar-refractivity contribution in [1.29, 1.82) is 0 Å². The molecule has 98 valence electrons. The monoisotopic (exact) mass is 285 g/mol. The van der Waals surface area contributed by atoms with E-state index in [4.69, 9.17) is 17.3 Å². The Morgan fingerprint density at radius 1 is 1.56 bits per heavy atom. The summed E-state index contributed by atoms with van der Waals surface area (Å²) in [5.74, 6) is 0.451. The van der Waals surface area contributed by atoms with Crippen molar-refractivity contribution in [3.8, 4) is 0 Å². The van der Waals surface area contributed by atoms with Crippen LogP contribution in [0.15, 0.2) is 18.2 Å². The van der Waals surface area contributed by atoms with Crippen molar-refractivity contribution in [2.24, 2.45) is 0 Å². The topological polar surface area (TPSA) is 60.9 Å². The number of aryl methyl sites for hydroxylation is 1. The third-order valence-corrected chi connectivity index (χ3v) is 4.76. The van der Waals surface area contributed by atoms with Gasteiger partial charge in [-0.1, -0.05) is 24.6 Å². The van der Waals surface area contributed by atoms with Gasteiger partial charge in [0.05, 0.1) is 10.5 Å². The lowest BCUT2D eigenvalue weighted by Crippen LogP contribution is -2.13. The van der Waals surface area contributed by atoms with Gasteiger partial charge in [-0.25, -0.2) is 4.98 Å². The molecule has 0 aliphatic carbocycles. The summed E-state index contributed by atoms with van der Waals surface area (Å²) in [6.45, 7) is 2.67. The summed E-state index contributed by atoms with van der Waals surface area (Å²) in [5, 5.41) is 0.742. The number of nitrogen functional groups attached to an aromatic ring is 1. The molecule has 1 heterocycles. The smallest absolute Gasteiger partial charge is 0.201 e. The van der Waals surface area contributed by atoms with Crippen LogP contribution in [0, 0.1) is 0 Å². The number of hydrogen-bond acceptors (Lipinski definition) is 3. The number of para-hydroxylation sites is 1. The van der Waals surface area contributed by atoms with Gasteiger partial charge in [0, 0.05) is 28.9 Å². The molecule has 0 spiro atoms. The molecule has 4 nitrogen and oxygen atoms in total. The first kappa shape index (κ1) is 13.4. The number of fused-ring (bicyclic) bond motifs is 1. The van der Waals surface area contributed by atoms with Crippen LogP contribution in [0.5, 0.6) is 0 Å². The normalized spacial score (nSPS) is 14.8. The zero-order chi connectivity index (χ0) is 13.3. The van der Waals surface area contributed by atoms with Crippen LogP contribution in [0.3, 0.4) is 0 Å². The predicted molar refractivity (Wildman–Crippen MR) is 77.3 cm³/mol. The first-order chi connectivity index (χ1) is 8.50. The Balaban J connectivity index is 2.31. The van der Waals surface area contributed by atoms with Crippen LogP contribution in [-0.2, 0) is 17.3 Å². The zero-order valence-corrected chi connectivity index (χ0v) is 12.0. The van der Waals surface area contributed by atoms with E-state index in [1.165, 1.54) is 0 Å². The molecule has 0 saturated carbocycles. The molecule has 0 radical (unpaired) electrons. The maximum absolute atomic E-state index is 11.3. The van der Waals surface area contributed by atoms with Gasteiger partial charge in [0.15, 0.2) is 0 Å². The molecule has 0 aliphatic rings. The third kappa shape index (κ3) is 2.52. The third-order valence-electron chi connectivity index (χ3n) is 3.09. The standard InChI is InChI=1S/C12H16ClN3OS/c1-8(18(2)17)6-7-16-10-5-3-4-9(13)11(10)15-12(16)14/h3-5,8H,6-7H2,1-2H3,(H2,14,15). The second-order valence-corrected chi connectivity index (χ2v) is 6.54. The molecule has 6 heteroatoms. The van der Waals surface area contributed by atoms with E-state index in [1.54, 1.807) is 12.3 Å². The predicted octanol–water partition coefficient (Wildman–Crippen LogP) is 2.43. The van der Waals surface area contributed by atoms with E-state index < -0.39 is 10.8 Å². The quantitative estimate of drug-likeness (QED) is 0.938. The van der Waals surface area contributed by atoms with Gasteiger partial charge in [0.1, 0.15) is 5.52 Å². The Hall–Kier alpha value is -1.07. The van der Waals surface area contributed by atoms with Crippen LogP contribution in [-0.4, -0.2) is 25.3 Å². The molecule has 1 aromatic heterocycles. The van der Waals surface area contributed by atoms with E-state index in [9.17, 15) is 4.21 Å². The number of benzene rings is 1. The summed E-state index contributed by atoms with van der Waals surface area (Å²) in [6.07, 6.45) is 2.52.